The van der Waals surface area contributed by atoms with Crippen molar-refractivity contribution in [1.82, 2.24) is 0 Å². The molecule has 1 aliphatic heterocycles. The van der Waals surface area contributed by atoms with Crippen molar-refractivity contribution in [3.05, 3.63) is 87.8 Å². The maximum absolute atomic E-state index is 13.5. The fourth-order valence-electron chi connectivity index (χ4n) is 4.25. The van der Waals surface area contributed by atoms with Crippen LogP contribution in [0.2, 0.25) is 0 Å². The first kappa shape index (κ1) is 22.7. The number of aryl methyl sites for hydroxylation is 2. The largest absolute Gasteiger partial charge is 0.490 e. The van der Waals surface area contributed by atoms with Crippen molar-refractivity contribution in [2.24, 2.45) is 0 Å². The van der Waals surface area contributed by atoms with Crippen molar-refractivity contribution in [3.8, 4) is 28.4 Å². The molecule has 0 spiro atoms. The average Bonchev–Trinajstić information content (AvgIpc) is 3.10. The summed E-state index contributed by atoms with van der Waals surface area (Å²) in [5.74, 6) is 1.25. The number of fused-ring (bicyclic) bond motifs is 2. The average molecular weight is 471 g/mol. The highest BCUT2D eigenvalue weighted by Crippen LogP contribution is 2.34. The van der Waals surface area contributed by atoms with Gasteiger partial charge in [-0.05, 0) is 54.3 Å². The van der Waals surface area contributed by atoms with Gasteiger partial charge in [-0.1, -0.05) is 37.6 Å². The molecule has 0 fully saturated rings. The monoisotopic (exact) mass is 470 g/mol. The Balaban J connectivity index is 1.55. The Bertz CT molecular complexity index is 1470. The summed E-state index contributed by atoms with van der Waals surface area (Å²) in [5, 5.41) is 0.439. The predicted molar refractivity (Wildman–Crippen MR) is 134 cm³/mol. The van der Waals surface area contributed by atoms with Crippen LogP contribution in [-0.4, -0.2) is 19.2 Å². The molecule has 3 aromatic carbocycles. The highest BCUT2D eigenvalue weighted by atomic mass is 16.5. The van der Waals surface area contributed by atoms with Crippen LogP contribution in [0.3, 0.4) is 0 Å². The van der Waals surface area contributed by atoms with Gasteiger partial charge in [-0.15, -0.1) is 0 Å². The molecule has 0 saturated carbocycles. The zero-order valence-corrected chi connectivity index (χ0v) is 19.8. The molecule has 0 radical (unpaired) electrons. The second kappa shape index (κ2) is 9.66. The molecule has 0 N–H and O–H groups in total. The fraction of sp³-hybridized carbons (Fsp3) is 0.241. The molecule has 0 bridgehead atoms. The Hall–Kier alpha value is -4.06. The van der Waals surface area contributed by atoms with E-state index in [-0.39, 0.29) is 5.43 Å². The van der Waals surface area contributed by atoms with Gasteiger partial charge in [-0.25, -0.2) is 4.79 Å². The summed E-state index contributed by atoms with van der Waals surface area (Å²) in [6.45, 7) is 5.06. The van der Waals surface area contributed by atoms with E-state index in [2.05, 4.69) is 0 Å². The number of benzene rings is 3. The first-order chi connectivity index (χ1) is 17.0. The Morgan fingerprint density at radius 1 is 1.00 bits per heavy atom. The van der Waals surface area contributed by atoms with Gasteiger partial charge in [0, 0.05) is 12.5 Å². The molecule has 4 aromatic rings. The minimum atomic E-state index is -0.439. The molecule has 178 valence electrons. The topological polar surface area (TPSA) is 75.0 Å². The van der Waals surface area contributed by atoms with E-state index in [1.807, 2.05) is 44.2 Å². The summed E-state index contributed by atoms with van der Waals surface area (Å²) in [6, 6.07) is 16.1. The van der Waals surface area contributed by atoms with E-state index < -0.39 is 5.97 Å². The molecule has 0 atom stereocenters. The minimum Gasteiger partial charge on any atom is -0.490 e. The van der Waals surface area contributed by atoms with Crippen LogP contribution < -0.4 is 19.6 Å². The van der Waals surface area contributed by atoms with Gasteiger partial charge < -0.3 is 18.6 Å². The van der Waals surface area contributed by atoms with Gasteiger partial charge in [-0.2, -0.15) is 0 Å². The van der Waals surface area contributed by atoms with Crippen molar-refractivity contribution >= 4 is 16.9 Å². The number of esters is 1. The molecule has 5 rings (SSSR count). The van der Waals surface area contributed by atoms with Gasteiger partial charge in [0.05, 0.1) is 29.7 Å². The first-order valence-electron chi connectivity index (χ1n) is 11.8. The number of rotatable bonds is 5. The molecular formula is C29H26O6. The normalized spacial score (nSPS) is 12.9. The van der Waals surface area contributed by atoms with Crippen LogP contribution in [0.5, 0.6) is 17.2 Å². The van der Waals surface area contributed by atoms with E-state index in [0.717, 1.165) is 24.0 Å². The van der Waals surface area contributed by atoms with Gasteiger partial charge in [0.2, 0.25) is 5.43 Å². The van der Waals surface area contributed by atoms with Crippen molar-refractivity contribution in [1.29, 1.82) is 0 Å². The number of carbonyl (C=O) groups is 1. The highest BCUT2D eigenvalue weighted by molar-refractivity contribution is 5.93. The smallest absolute Gasteiger partial charge is 0.343 e. The van der Waals surface area contributed by atoms with E-state index in [1.54, 1.807) is 24.3 Å². The van der Waals surface area contributed by atoms with E-state index in [4.69, 9.17) is 18.6 Å². The van der Waals surface area contributed by atoms with Gasteiger partial charge in [-0.3, -0.25) is 4.79 Å². The van der Waals surface area contributed by atoms with Gasteiger partial charge in [0.15, 0.2) is 11.5 Å². The van der Waals surface area contributed by atoms with Crippen LogP contribution in [0, 0.1) is 6.92 Å². The third-order valence-electron chi connectivity index (χ3n) is 6.10. The third-order valence-corrected chi connectivity index (χ3v) is 6.10. The lowest BCUT2D eigenvalue weighted by Crippen LogP contribution is -2.12. The molecule has 0 aliphatic carbocycles. The summed E-state index contributed by atoms with van der Waals surface area (Å²) in [5.41, 5.74) is 3.44. The van der Waals surface area contributed by atoms with Crippen LogP contribution in [0.1, 0.15) is 41.3 Å². The summed E-state index contributed by atoms with van der Waals surface area (Å²) < 4.78 is 23.1. The van der Waals surface area contributed by atoms with Gasteiger partial charge in [0.25, 0.3) is 0 Å². The van der Waals surface area contributed by atoms with Crippen molar-refractivity contribution in [2.45, 2.75) is 33.1 Å². The van der Waals surface area contributed by atoms with Crippen LogP contribution >= 0.6 is 0 Å². The number of hydrogen-bond donors (Lipinski definition) is 0. The van der Waals surface area contributed by atoms with Gasteiger partial charge in [0.1, 0.15) is 17.6 Å². The fourth-order valence-corrected chi connectivity index (χ4v) is 4.25. The SMILES string of the molecule is CCCc1cc2c(=O)c(-c3ccc4c(c3)OCCCO4)coc2cc1OC(=O)c1ccccc1C. The third kappa shape index (κ3) is 4.52. The lowest BCUT2D eigenvalue weighted by atomic mass is 10.0. The Labute approximate surface area is 203 Å². The van der Waals surface area contributed by atoms with Crippen molar-refractivity contribution in [3.63, 3.8) is 0 Å². The first-order valence-corrected chi connectivity index (χ1v) is 11.8. The molecular weight excluding hydrogens is 444 g/mol. The standard InChI is InChI=1S/C29H26O6/c1-3-7-20-14-22-26(16-25(20)35-29(31)21-9-5-4-8-18(21)2)34-17-23(28(22)30)19-10-11-24-27(15-19)33-13-6-12-32-24/h4-5,8-11,14-17H,3,6-7,12-13H2,1-2H3. The maximum atomic E-state index is 13.5. The zero-order valence-electron chi connectivity index (χ0n) is 19.8. The summed E-state index contributed by atoms with van der Waals surface area (Å²) in [4.78, 5) is 26.3. The Kier molecular flexibility index (Phi) is 6.27. The van der Waals surface area contributed by atoms with E-state index >= 15 is 0 Å². The number of carbonyl (C=O) groups excluding carboxylic acids is 1. The molecule has 1 aromatic heterocycles. The van der Waals surface area contributed by atoms with E-state index in [1.165, 1.54) is 6.26 Å². The molecule has 35 heavy (non-hydrogen) atoms. The summed E-state index contributed by atoms with van der Waals surface area (Å²) in [6.07, 6.45) is 3.73. The van der Waals surface area contributed by atoms with Crippen LogP contribution in [0.25, 0.3) is 22.1 Å². The number of hydrogen-bond acceptors (Lipinski definition) is 6. The Morgan fingerprint density at radius 2 is 1.80 bits per heavy atom. The van der Waals surface area contributed by atoms with Crippen LogP contribution in [0.15, 0.2) is 70.1 Å². The maximum Gasteiger partial charge on any atom is 0.343 e. The van der Waals surface area contributed by atoms with E-state index in [0.29, 0.717) is 64.5 Å². The Morgan fingerprint density at radius 3 is 2.60 bits per heavy atom. The van der Waals surface area contributed by atoms with Crippen LogP contribution in [0.4, 0.5) is 0 Å². The van der Waals surface area contributed by atoms with Crippen LogP contribution in [-0.2, 0) is 6.42 Å². The lowest BCUT2D eigenvalue weighted by Gasteiger charge is -2.13. The van der Waals surface area contributed by atoms with E-state index in [9.17, 15) is 9.59 Å². The molecule has 2 heterocycles. The number of ether oxygens (including phenoxy) is 3. The molecule has 1 aliphatic rings. The second-order valence-corrected chi connectivity index (χ2v) is 8.60. The summed E-state index contributed by atoms with van der Waals surface area (Å²) in [7, 11) is 0. The second-order valence-electron chi connectivity index (χ2n) is 8.60. The predicted octanol–water partition coefficient (Wildman–Crippen LogP) is 6.10. The zero-order chi connectivity index (χ0) is 24.4. The summed E-state index contributed by atoms with van der Waals surface area (Å²) >= 11 is 0. The lowest BCUT2D eigenvalue weighted by molar-refractivity contribution is 0.0732. The molecule has 6 heteroatoms. The highest BCUT2D eigenvalue weighted by Gasteiger charge is 2.19. The molecule has 0 amide bonds. The quantitative estimate of drug-likeness (QED) is 0.259. The minimum absolute atomic E-state index is 0.158. The van der Waals surface area contributed by atoms with Gasteiger partial charge >= 0.3 is 5.97 Å². The molecule has 0 unspecified atom stereocenters. The molecule has 6 nitrogen and oxygen atoms in total. The van der Waals surface area contributed by atoms with Crippen molar-refractivity contribution in [2.75, 3.05) is 13.2 Å². The van der Waals surface area contributed by atoms with Crippen molar-refractivity contribution < 1.29 is 23.4 Å². The molecule has 0 saturated heterocycles.